The molecule has 1 unspecified atom stereocenters. The Morgan fingerprint density at radius 1 is 1.15 bits per heavy atom. The van der Waals surface area contributed by atoms with Crippen LogP contribution >= 0.6 is 0 Å². The smallest absolute Gasteiger partial charge is 0.223 e. The number of aromatic nitrogens is 4. The van der Waals surface area contributed by atoms with Gasteiger partial charge in [0.25, 0.3) is 0 Å². The van der Waals surface area contributed by atoms with E-state index in [1.807, 2.05) is 33.7 Å². The van der Waals surface area contributed by atoms with Crippen LogP contribution < -0.4 is 0 Å². The molecule has 0 bridgehead atoms. The summed E-state index contributed by atoms with van der Waals surface area (Å²) in [5, 5.41) is 8.61. The zero-order valence-corrected chi connectivity index (χ0v) is 15.4. The number of nitrogens with zero attached hydrogens (tertiary/aromatic N) is 5. The number of aryl methyl sites for hydroxylation is 2. The molecule has 6 nitrogen and oxygen atoms in total. The number of carbonyl (C=O) groups is 1. The Morgan fingerprint density at radius 2 is 1.96 bits per heavy atom. The zero-order chi connectivity index (χ0) is 18.1. The SMILES string of the molecule is Cc1ccc(C)n1CCCC(=O)N1CCCC1c1nnc2ccccn12. The molecule has 0 radical (unpaired) electrons. The minimum atomic E-state index is 0.0370. The molecular weight excluding hydrogens is 326 g/mol. The van der Waals surface area contributed by atoms with Crippen molar-refractivity contribution in [2.24, 2.45) is 0 Å². The van der Waals surface area contributed by atoms with E-state index in [9.17, 15) is 4.79 Å². The van der Waals surface area contributed by atoms with Crippen LogP contribution in [0, 0.1) is 13.8 Å². The van der Waals surface area contributed by atoms with E-state index in [0.717, 1.165) is 43.8 Å². The van der Waals surface area contributed by atoms with Gasteiger partial charge in [0.15, 0.2) is 11.5 Å². The second kappa shape index (κ2) is 6.94. The summed E-state index contributed by atoms with van der Waals surface area (Å²) >= 11 is 0. The average Bonchev–Trinajstić information content (AvgIpc) is 3.35. The van der Waals surface area contributed by atoms with Gasteiger partial charge in [-0.25, -0.2) is 0 Å². The lowest BCUT2D eigenvalue weighted by molar-refractivity contribution is -0.132. The van der Waals surface area contributed by atoms with Crippen molar-refractivity contribution in [1.82, 2.24) is 24.1 Å². The van der Waals surface area contributed by atoms with Gasteiger partial charge in [0, 0.05) is 37.1 Å². The van der Waals surface area contributed by atoms with Crippen LogP contribution in [0.1, 0.15) is 48.9 Å². The van der Waals surface area contributed by atoms with Crippen LogP contribution in [0.5, 0.6) is 0 Å². The first-order valence-corrected chi connectivity index (χ1v) is 9.37. The Bertz CT molecular complexity index is 906. The molecule has 136 valence electrons. The summed E-state index contributed by atoms with van der Waals surface area (Å²) in [7, 11) is 0. The highest BCUT2D eigenvalue weighted by Gasteiger charge is 2.32. The van der Waals surface area contributed by atoms with E-state index in [2.05, 4.69) is 40.7 Å². The number of amides is 1. The molecule has 1 atom stereocenters. The van der Waals surface area contributed by atoms with E-state index < -0.39 is 0 Å². The summed E-state index contributed by atoms with van der Waals surface area (Å²) in [5.41, 5.74) is 3.34. The number of hydrogen-bond acceptors (Lipinski definition) is 3. The first-order chi connectivity index (χ1) is 12.6. The number of pyridine rings is 1. The van der Waals surface area contributed by atoms with Crippen LogP contribution in [0.4, 0.5) is 0 Å². The highest BCUT2D eigenvalue weighted by Crippen LogP contribution is 2.31. The Labute approximate surface area is 153 Å². The number of hydrogen-bond donors (Lipinski definition) is 0. The molecule has 26 heavy (non-hydrogen) atoms. The highest BCUT2D eigenvalue weighted by molar-refractivity contribution is 5.77. The molecule has 4 heterocycles. The van der Waals surface area contributed by atoms with Crippen molar-refractivity contribution in [3.05, 3.63) is 53.7 Å². The third-order valence-corrected chi connectivity index (χ3v) is 5.40. The van der Waals surface area contributed by atoms with Crippen molar-refractivity contribution >= 4 is 11.6 Å². The zero-order valence-electron chi connectivity index (χ0n) is 15.4. The average molecular weight is 351 g/mol. The molecule has 3 aromatic heterocycles. The molecule has 3 aromatic rings. The van der Waals surface area contributed by atoms with Crippen molar-refractivity contribution in [3.63, 3.8) is 0 Å². The summed E-state index contributed by atoms with van der Waals surface area (Å²) < 4.78 is 4.28. The van der Waals surface area contributed by atoms with E-state index in [4.69, 9.17) is 0 Å². The largest absolute Gasteiger partial charge is 0.349 e. The first kappa shape index (κ1) is 16.8. The van der Waals surface area contributed by atoms with Crippen LogP contribution in [-0.2, 0) is 11.3 Å². The van der Waals surface area contributed by atoms with Crippen molar-refractivity contribution in [1.29, 1.82) is 0 Å². The maximum atomic E-state index is 12.8. The standard InChI is InChI=1S/C20H25N5O/c1-15-10-11-16(2)23(15)13-6-9-19(26)24-14-5-7-17(24)20-22-21-18-8-3-4-12-25(18)20/h3-4,8,10-12,17H,5-7,9,13-14H2,1-2H3. The van der Waals surface area contributed by atoms with Gasteiger partial charge in [0.05, 0.1) is 6.04 Å². The Balaban J connectivity index is 1.44. The minimum Gasteiger partial charge on any atom is -0.349 e. The molecule has 0 aliphatic carbocycles. The Kier molecular flexibility index (Phi) is 4.49. The summed E-state index contributed by atoms with van der Waals surface area (Å²) in [4.78, 5) is 14.8. The predicted octanol–water partition coefficient (Wildman–Crippen LogP) is 3.29. The third-order valence-electron chi connectivity index (χ3n) is 5.40. The van der Waals surface area contributed by atoms with Gasteiger partial charge in [-0.3, -0.25) is 9.20 Å². The lowest BCUT2D eigenvalue weighted by atomic mass is 10.2. The molecule has 6 heteroatoms. The Morgan fingerprint density at radius 3 is 2.77 bits per heavy atom. The van der Waals surface area contributed by atoms with Crippen molar-refractivity contribution in [2.75, 3.05) is 6.54 Å². The van der Waals surface area contributed by atoms with Crippen molar-refractivity contribution in [3.8, 4) is 0 Å². The summed E-state index contributed by atoms with van der Waals surface area (Å²) in [6, 6.07) is 10.2. The minimum absolute atomic E-state index is 0.0370. The van der Waals surface area contributed by atoms with Crippen molar-refractivity contribution in [2.45, 2.75) is 52.1 Å². The summed E-state index contributed by atoms with van der Waals surface area (Å²) in [6.07, 6.45) is 5.39. The monoisotopic (exact) mass is 351 g/mol. The molecule has 1 aliphatic heterocycles. The lowest BCUT2D eigenvalue weighted by Crippen LogP contribution is -2.31. The summed E-state index contributed by atoms with van der Waals surface area (Å²) in [6.45, 7) is 5.93. The van der Waals surface area contributed by atoms with Gasteiger partial charge in [0.2, 0.25) is 5.91 Å². The van der Waals surface area contributed by atoms with Gasteiger partial charge in [-0.1, -0.05) is 6.07 Å². The number of fused-ring (bicyclic) bond motifs is 1. The highest BCUT2D eigenvalue weighted by atomic mass is 16.2. The van der Waals surface area contributed by atoms with Crippen LogP contribution in [0.2, 0.25) is 0 Å². The fraction of sp³-hybridized carbons (Fsp3) is 0.450. The number of rotatable bonds is 5. The number of likely N-dealkylation sites (tertiary alicyclic amines) is 1. The van der Waals surface area contributed by atoms with Gasteiger partial charge < -0.3 is 9.47 Å². The summed E-state index contributed by atoms with van der Waals surface area (Å²) in [5.74, 6) is 1.10. The maximum absolute atomic E-state index is 12.8. The van der Waals surface area contributed by atoms with Gasteiger partial charge in [-0.2, -0.15) is 0 Å². The first-order valence-electron chi connectivity index (χ1n) is 9.37. The second-order valence-corrected chi connectivity index (χ2v) is 7.10. The van der Waals surface area contributed by atoms with E-state index in [1.54, 1.807) is 0 Å². The maximum Gasteiger partial charge on any atom is 0.223 e. The quantitative estimate of drug-likeness (QED) is 0.709. The molecule has 1 aliphatic rings. The van der Waals surface area contributed by atoms with E-state index >= 15 is 0 Å². The molecule has 1 saturated heterocycles. The third kappa shape index (κ3) is 3.00. The second-order valence-electron chi connectivity index (χ2n) is 7.10. The van der Waals surface area contributed by atoms with Crippen LogP contribution in [0.15, 0.2) is 36.5 Å². The van der Waals surface area contributed by atoms with Gasteiger partial charge in [-0.15, -0.1) is 10.2 Å². The molecular formula is C20H25N5O. The van der Waals surface area contributed by atoms with Crippen LogP contribution in [0.3, 0.4) is 0 Å². The predicted molar refractivity (Wildman–Crippen MR) is 99.8 cm³/mol. The van der Waals surface area contributed by atoms with E-state index in [0.29, 0.717) is 6.42 Å². The molecule has 1 fully saturated rings. The van der Waals surface area contributed by atoms with Crippen LogP contribution in [-0.4, -0.2) is 36.5 Å². The van der Waals surface area contributed by atoms with E-state index in [1.165, 1.54) is 11.4 Å². The molecule has 0 N–H and O–H groups in total. The topological polar surface area (TPSA) is 55.4 Å². The number of carbonyl (C=O) groups excluding carboxylic acids is 1. The fourth-order valence-corrected chi connectivity index (χ4v) is 4.00. The Hall–Kier alpha value is -2.63. The van der Waals surface area contributed by atoms with Gasteiger partial charge in [-0.05, 0) is 57.4 Å². The lowest BCUT2D eigenvalue weighted by Gasteiger charge is -2.23. The molecule has 0 spiro atoms. The molecule has 4 rings (SSSR count). The molecule has 0 saturated carbocycles. The molecule has 0 aromatic carbocycles. The van der Waals surface area contributed by atoms with Gasteiger partial charge in [0.1, 0.15) is 0 Å². The normalized spacial score (nSPS) is 17.3. The fourth-order valence-electron chi connectivity index (χ4n) is 4.00. The van der Waals surface area contributed by atoms with Gasteiger partial charge >= 0.3 is 0 Å². The van der Waals surface area contributed by atoms with Crippen molar-refractivity contribution < 1.29 is 4.79 Å². The van der Waals surface area contributed by atoms with Crippen LogP contribution in [0.25, 0.3) is 5.65 Å². The van der Waals surface area contributed by atoms with E-state index in [-0.39, 0.29) is 11.9 Å². The molecule has 1 amide bonds.